The summed E-state index contributed by atoms with van der Waals surface area (Å²) in [7, 11) is -3.53. The van der Waals surface area contributed by atoms with Gasteiger partial charge in [0, 0.05) is 31.7 Å². The normalized spacial score (nSPS) is 19.4. The molecule has 1 aliphatic heterocycles. The van der Waals surface area contributed by atoms with Crippen LogP contribution in [0.2, 0.25) is 0 Å². The first-order valence-electron chi connectivity index (χ1n) is 11.4. The molecular formula is C23H32N4O3S. The number of amides is 1. The second kappa shape index (κ2) is 9.53. The van der Waals surface area contributed by atoms with Gasteiger partial charge in [-0.05, 0) is 56.2 Å². The lowest BCUT2D eigenvalue weighted by Crippen LogP contribution is -2.41. The number of aromatic nitrogens is 2. The number of carbonyl (C=O) groups is 1. The molecule has 2 heterocycles. The van der Waals surface area contributed by atoms with Crippen LogP contribution in [-0.2, 0) is 21.4 Å². The highest BCUT2D eigenvalue weighted by molar-refractivity contribution is 7.89. The van der Waals surface area contributed by atoms with Gasteiger partial charge in [0.2, 0.25) is 15.9 Å². The predicted molar refractivity (Wildman–Crippen MR) is 120 cm³/mol. The van der Waals surface area contributed by atoms with Crippen molar-refractivity contribution >= 4 is 21.6 Å². The molecule has 1 amide bonds. The summed E-state index contributed by atoms with van der Waals surface area (Å²) in [5.41, 5.74) is 1.93. The largest absolute Gasteiger partial charge is 0.323 e. The highest BCUT2D eigenvalue weighted by Crippen LogP contribution is 2.33. The molecular weight excluding hydrogens is 412 g/mol. The molecule has 1 aromatic heterocycles. The molecule has 0 atom stereocenters. The molecule has 4 rings (SSSR count). The van der Waals surface area contributed by atoms with Crippen LogP contribution in [0.1, 0.15) is 63.4 Å². The molecule has 0 bridgehead atoms. The quantitative estimate of drug-likeness (QED) is 0.730. The molecule has 0 radical (unpaired) electrons. The van der Waals surface area contributed by atoms with Crippen molar-refractivity contribution < 1.29 is 13.2 Å². The fourth-order valence-electron chi connectivity index (χ4n) is 4.70. The molecule has 2 aromatic rings. The number of benzene rings is 1. The van der Waals surface area contributed by atoms with E-state index in [9.17, 15) is 13.2 Å². The van der Waals surface area contributed by atoms with Gasteiger partial charge >= 0.3 is 0 Å². The molecule has 1 saturated heterocycles. The first-order valence-corrected chi connectivity index (χ1v) is 12.8. The lowest BCUT2D eigenvalue weighted by atomic mass is 9.84. The Morgan fingerprint density at radius 1 is 1.06 bits per heavy atom. The summed E-state index contributed by atoms with van der Waals surface area (Å²) in [4.78, 5) is 12.9. The van der Waals surface area contributed by atoms with Crippen molar-refractivity contribution in [1.82, 2.24) is 14.1 Å². The van der Waals surface area contributed by atoms with Gasteiger partial charge in [-0.15, -0.1) is 0 Å². The molecule has 1 saturated carbocycles. The third-order valence-electron chi connectivity index (χ3n) is 6.64. The van der Waals surface area contributed by atoms with Gasteiger partial charge in [0.25, 0.3) is 0 Å². The van der Waals surface area contributed by atoms with Crippen LogP contribution in [0.5, 0.6) is 0 Å². The average molecular weight is 445 g/mol. The first-order chi connectivity index (χ1) is 15.0. The summed E-state index contributed by atoms with van der Waals surface area (Å²) >= 11 is 0. The number of sulfonamides is 1. The van der Waals surface area contributed by atoms with Crippen molar-refractivity contribution in [2.75, 3.05) is 18.4 Å². The fourth-order valence-corrected chi connectivity index (χ4v) is 6.17. The maximum Gasteiger partial charge on any atom is 0.243 e. The zero-order chi connectivity index (χ0) is 21.8. The monoisotopic (exact) mass is 444 g/mol. The summed E-state index contributed by atoms with van der Waals surface area (Å²) in [6.07, 6.45) is 10.7. The summed E-state index contributed by atoms with van der Waals surface area (Å²) < 4.78 is 29.5. The minimum absolute atomic E-state index is 0.0652. The Morgan fingerprint density at radius 3 is 2.35 bits per heavy atom. The second-order valence-electron chi connectivity index (χ2n) is 8.66. The van der Waals surface area contributed by atoms with Crippen molar-refractivity contribution in [3.63, 3.8) is 0 Å². The minimum atomic E-state index is -3.53. The molecule has 1 aliphatic carbocycles. The van der Waals surface area contributed by atoms with Crippen molar-refractivity contribution in [3.8, 4) is 0 Å². The Bertz CT molecular complexity index is 986. The molecule has 2 aliphatic rings. The number of nitrogens with zero attached hydrogens (tertiary/aromatic N) is 3. The third kappa shape index (κ3) is 5.01. The Balaban J connectivity index is 1.34. The van der Waals surface area contributed by atoms with E-state index in [2.05, 4.69) is 10.4 Å². The smallest absolute Gasteiger partial charge is 0.243 e. The molecule has 168 valence electrons. The lowest BCUT2D eigenvalue weighted by molar-refractivity contribution is -0.120. The molecule has 8 heteroatoms. The Hall–Kier alpha value is -2.19. The summed E-state index contributed by atoms with van der Waals surface area (Å²) in [5, 5.41) is 7.06. The maximum atomic E-state index is 13.1. The maximum absolute atomic E-state index is 13.1. The number of anilines is 1. The topological polar surface area (TPSA) is 84.3 Å². The van der Waals surface area contributed by atoms with Crippen LogP contribution < -0.4 is 5.32 Å². The van der Waals surface area contributed by atoms with E-state index in [1.807, 2.05) is 19.1 Å². The molecule has 7 nitrogen and oxygen atoms in total. The van der Waals surface area contributed by atoms with Crippen LogP contribution in [0.4, 0.5) is 5.69 Å². The zero-order valence-corrected chi connectivity index (χ0v) is 19.0. The number of piperidine rings is 1. The highest BCUT2D eigenvalue weighted by Gasteiger charge is 2.32. The van der Waals surface area contributed by atoms with E-state index in [0.717, 1.165) is 6.54 Å². The Morgan fingerprint density at radius 2 is 1.74 bits per heavy atom. The van der Waals surface area contributed by atoms with Crippen LogP contribution in [0.25, 0.3) is 0 Å². The van der Waals surface area contributed by atoms with Crippen LogP contribution in [0.3, 0.4) is 0 Å². The summed E-state index contributed by atoms with van der Waals surface area (Å²) in [6, 6.07) is 7.48. The number of aryl methyl sites for hydroxylation is 1. The summed E-state index contributed by atoms with van der Waals surface area (Å²) in [5.74, 6) is 0.304. The summed E-state index contributed by atoms with van der Waals surface area (Å²) in [6.45, 7) is 3.45. The number of rotatable bonds is 6. The molecule has 1 aromatic carbocycles. The van der Waals surface area contributed by atoms with Gasteiger partial charge in [0.05, 0.1) is 16.8 Å². The molecule has 0 spiro atoms. The van der Waals surface area contributed by atoms with Crippen LogP contribution >= 0.6 is 0 Å². The van der Waals surface area contributed by atoms with Gasteiger partial charge < -0.3 is 5.32 Å². The second-order valence-corrected chi connectivity index (χ2v) is 10.6. The van der Waals surface area contributed by atoms with E-state index < -0.39 is 10.0 Å². The van der Waals surface area contributed by atoms with Crippen molar-refractivity contribution in [2.45, 2.75) is 69.2 Å². The van der Waals surface area contributed by atoms with Crippen LogP contribution in [0.15, 0.2) is 41.6 Å². The third-order valence-corrected chi connectivity index (χ3v) is 8.56. The van der Waals surface area contributed by atoms with Gasteiger partial charge in [-0.25, -0.2) is 8.42 Å². The van der Waals surface area contributed by atoms with Gasteiger partial charge in [-0.3, -0.25) is 9.48 Å². The lowest BCUT2D eigenvalue weighted by Gasteiger charge is -2.30. The fraction of sp³-hybridized carbons (Fsp3) is 0.565. The standard InChI is InChI=1S/C23H32N4O3S/c1-2-26-17-21(16-24-26)25-23(28)20-12-14-27(15-13-20)31(29,30)22-10-8-19(9-11-22)18-6-4-3-5-7-18/h8-11,16-18,20H,2-7,12-15H2,1H3,(H,25,28). The highest BCUT2D eigenvalue weighted by atomic mass is 32.2. The van der Waals surface area contributed by atoms with E-state index in [-0.39, 0.29) is 11.8 Å². The molecule has 1 N–H and O–H groups in total. The van der Waals surface area contributed by atoms with E-state index in [4.69, 9.17) is 0 Å². The number of carbonyl (C=O) groups excluding carboxylic acids is 1. The van der Waals surface area contributed by atoms with E-state index in [0.29, 0.717) is 42.4 Å². The van der Waals surface area contributed by atoms with Gasteiger partial charge in [0.15, 0.2) is 0 Å². The Kier molecular flexibility index (Phi) is 6.77. The van der Waals surface area contributed by atoms with Crippen molar-refractivity contribution in [3.05, 3.63) is 42.2 Å². The van der Waals surface area contributed by atoms with Gasteiger partial charge in [-0.2, -0.15) is 9.40 Å². The average Bonchev–Trinajstić information content (AvgIpc) is 3.27. The SMILES string of the molecule is CCn1cc(NC(=O)C2CCN(S(=O)(=O)c3ccc(C4CCCCC4)cc3)CC2)cn1. The predicted octanol–water partition coefficient (Wildman–Crippen LogP) is 3.99. The molecule has 2 fully saturated rings. The van der Waals surface area contributed by atoms with Gasteiger partial charge in [-0.1, -0.05) is 31.4 Å². The van der Waals surface area contributed by atoms with Gasteiger partial charge in [0.1, 0.15) is 0 Å². The van der Waals surface area contributed by atoms with Crippen LogP contribution in [-0.4, -0.2) is 41.5 Å². The first kappa shape index (κ1) is 22.0. The molecule has 0 unspecified atom stereocenters. The van der Waals surface area contributed by atoms with Crippen molar-refractivity contribution in [2.24, 2.45) is 5.92 Å². The minimum Gasteiger partial charge on any atom is -0.323 e. The number of hydrogen-bond donors (Lipinski definition) is 1. The van der Waals surface area contributed by atoms with E-state index in [1.54, 1.807) is 29.2 Å². The number of hydrogen-bond acceptors (Lipinski definition) is 4. The van der Waals surface area contributed by atoms with Crippen LogP contribution in [0, 0.1) is 5.92 Å². The van der Waals surface area contributed by atoms with Crippen molar-refractivity contribution in [1.29, 1.82) is 0 Å². The number of nitrogens with one attached hydrogen (secondary N) is 1. The van der Waals surface area contributed by atoms with E-state index in [1.165, 1.54) is 42.0 Å². The zero-order valence-electron chi connectivity index (χ0n) is 18.2. The molecule has 31 heavy (non-hydrogen) atoms. The van der Waals surface area contributed by atoms with E-state index >= 15 is 0 Å². The Labute approximate surface area is 184 Å².